The number of nitrogens with zero attached hydrogens (tertiary/aromatic N) is 1. The molecular formula is C17H17ClF3IN4O. The Kier molecular flexibility index (Phi) is 9.36. The molecule has 0 atom stereocenters. The first-order valence-electron chi connectivity index (χ1n) is 7.53. The van der Waals surface area contributed by atoms with E-state index in [2.05, 4.69) is 20.9 Å². The maximum Gasteiger partial charge on any atom is 0.243 e. The van der Waals surface area contributed by atoms with Crippen molar-refractivity contribution in [2.45, 2.75) is 6.54 Å². The van der Waals surface area contributed by atoms with Gasteiger partial charge in [0, 0.05) is 18.6 Å². The van der Waals surface area contributed by atoms with Gasteiger partial charge in [-0.05, 0) is 29.8 Å². The second kappa shape index (κ2) is 11.0. The predicted octanol–water partition coefficient (Wildman–Crippen LogP) is 3.68. The zero-order valence-corrected chi connectivity index (χ0v) is 17.2. The quantitative estimate of drug-likeness (QED) is 0.248. The average molecular weight is 513 g/mol. The molecule has 0 saturated carbocycles. The van der Waals surface area contributed by atoms with Crippen LogP contribution in [0.25, 0.3) is 0 Å². The zero-order chi connectivity index (χ0) is 19.1. The van der Waals surface area contributed by atoms with Gasteiger partial charge in [-0.2, -0.15) is 0 Å². The predicted molar refractivity (Wildman–Crippen MR) is 110 cm³/mol. The fourth-order valence-electron chi connectivity index (χ4n) is 1.99. The fraction of sp³-hybridized carbons (Fsp3) is 0.176. The first-order chi connectivity index (χ1) is 12.4. The van der Waals surface area contributed by atoms with Crippen LogP contribution in [0.1, 0.15) is 5.56 Å². The van der Waals surface area contributed by atoms with Crippen molar-refractivity contribution < 1.29 is 18.0 Å². The molecule has 0 aromatic heterocycles. The van der Waals surface area contributed by atoms with Crippen LogP contribution in [-0.2, 0) is 11.3 Å². The molecule has 5 nitrogen and oxygen atoms in total. The number of aliphatic imine (C=N–C) groups is 1. The minimum absolute atomic E-state index is 0. The third kappa shape index (κ3) is 6.90. The maximum absolute atomic E-state index is 13.5. The Labute approximate surface area is 176 Å². The summed E-state index contributed by atoms with van der Waals surface area (Å²) in [5.74, 6) is -4.74. The van der Waals surface area contributed by atoms with Gasteiger partial charge < -0.3 is 16.0 Å². The van der Waals surface area contributed by atoms with Crippen LogP contribution in [0, 0.1) is 17.5 Å². The number of carbonyl (C=O) groups is 1. The third-order valence-electron chi connectivity index (χ3n) is 3.32. The van der Waals surface area contributed by atoms with Crippen molar-refractivity contribution in [3.8, 4) is 0 Å². The molecule has 0 aliphatic heterocycles. The normalized spacial score (nSPS) is 10.8. The lowest BCUT2D eigenvalue weighted by Crippen LogP contribution is -2.41. The van der Waals surface area contributed by atoms with Gasteiger partial charge in [0.2, 0.25) is 5.91 Å². The number of amides is 1. The first-order valence-corrected chi connectivity index (χ1v) is 7.91. The topological polar surface area (TPSA) is 65.5 Å². The minimum Gasteiger partial charge on any atom is -0.352 e. The van der Waals surface area contributed by atoms with E-state index in [1.807, 2.05) is 12.1 Å². The zero-order valence-electron chi connectivity index (χ0n) is 14.2. The Morgan fingerprint density at radius 2 is 1.70 bits per heavy atom. The van der Waals surface area contributed by atoms with Crippen molar-refractivity contribution in [3.63, 3.8) is 0 Å². The number of guanidine groups is 1. The van der Waals surface area contributed by atoms with Crippen LogP contribution in [-0.4, -0.2) is 25.5 Å². The molecule has 0 aliphatic carbocycles. The van der Waals surface area contributed by atoms with E-state index in [0.717, 1.165) is 17.7 Å². The Morgan fingerprint density at radius 3 is 2.33 bits per heavy atom. The fourth-order valence-corrected chi connectivity index (χ4v) is 2.12. The highest BCUT2D eigenvalue weighted by atomic mass is 127. The minimum atomic E-state index is -1.64. The van der Waals surface area contributed by atoms with E-state index in [1.165, 1.54) is 7.05 Å². The van der Waals surface area contributed by atoms with Crippen molar-refractivity contribution in [2.24, 2.45) is 4.99 Å². The van der Waals surface area contributed by atoms with Crippen molar-refractivity contribution in [3.05, 3.63) is 64.4 Å². The molecule has 0 fully saturated rings. The Morgan fingerprint density at radius 1 is 1.04 bits per heavy atom. The molecule has 27 heavy (non-hydrogen) atoms. The Balaban J connectivity index is 0.00000364. The molecule has 0 radical (unpaired) electrons. The lowest BCUT2D eigenvalue weighted by Gasteiger charge is -2.12. The number of hydrogen-bond acceptors (Lipinski definition) is 2. The van der Waals surface area contributed by atoms with Crippen molar-refractivity contribution in [2.75, 3.05) is 18.9 Å². The van der Waals surface area contributed by atoms with E-state index in [9.17, 15) is 18.0 Å². The summed E-state index contributed by atoms with van der Waals surface area (Å²) in [5, 5.41) is 8.49. The van der Waals surface area contributed by atoms with Crippen molar-refractivity contribution in [1.82, 2.24) is 10.6 Å². The summed E-state index contributed by atoms with van der Waals surface area (Å²) in [4.78, 5) is 15.8. The van der Waals surface area contributed by atoms with E-state index in [0.29, 0.717) is 17.5 Å². The van der Waals surface area contributed by atoms with Gasteiger partial charge in [-0.3, -0.25) is 9.79 Å². The molecule has 3 N–H and O–H groups in total. The van der Waals surface area contributed by atoms with Crippen LogP contribution < -0.4 is 16.0 Å². The molecule has 10 heteroatoms. The number of hydrogen-bond donors (Lipinski definition) is 3. The van der Waals surface area contributed by atoms with Gasteiger partial charge in [0.1, 0.15) is 0 Å². The Hall–Kier alpha value is -2.01. The van der Waals surface area contributed by atoms with Gasteiger partial charge in [0.15, 0.2) is 23.4 Å². The first kappa shape index (κ1) is 23.0. The number of rotatable bonds is 5. The molecule has 0 bridgehead atoms. The Bertz CT molecular complexity index is 819. The molecule has 0 heterocycles. The summed E-state index contributed by atoms with van der Waals surface area (Å²) in [6, 6.07) is 8.84. The third-order valence-corrected chi connectivity index (χ3v) is 3.57. The highest BCUT2D eigenvalue weighted by Crippen LogP contribution is 2.19. The van der Waals surface area contributed by atoms with E-state index in [4.69, 9.17) is 11.6 Å². The standard InChI is InChI=1S/C17H16ClF3N4O.HI/c1-22-17(23-8-10-2-4-11(18)5-3-10)24-9-14(26)25-13-7-6-12(19)15(20)16(13)21;/h2-7H,8-9H2,1H3,(H,25,26)(H2,22,23,24);1H. The lowest BCUT2D eigenvalue weighted by molar-refractivity contribution is -0.115. The monoisotopic (exact) mass is 512 g/mol. The average Bonchev–Trinajstić information content (AvgIpc) is 2.64. The molecular weight excluding hydrogens is 496 g/mol. The highest BCUT2D eigenvalue weighted by molar-refractivity contribution is 14.0. The van der Waals surface area contributed by atoms with Gasteiger partial charge >= 0.3 is 0 Å². The van der Waals surface area contributed by atoms with Gasteiger partial charge in [-0.25, -0.2) is 13.2 Å². The number of benzene rings is 2. The summed E-state index contributed by atoms with van der Waals surface area (Å²) in [6.45, 7) is 0.189. The summed E-state index contributed by atoms with van der Waals surface area (Å²) in [6.07, 6.45) is 0. The second-order valence-electron chi connectivity index (χ2n) is 5.18. The number of halogens is 5. The molecule has 2 aromatic carbocycles. The number of nitrogens with one attached hydrogen (secondary N) is 3. The van der Waals surface area contributed by atoms with Crippen LogP contribution in [0.5, 0.6) is 0 Å². The van der Waals surface area contributed by atoms with E-state index >= 15 is 0 Å². The molecule has 146 valence electrons. The van der Waals surface area contributed by atoms with E-state index in [-0.39, 0.29) is 30.5 Å². The van der Waals surface area contributed by atoms with Crippen LogP contribution in [0.3, 0.4) is 0 Å². The van der Waals surface area contributed by atoms with Crippen LogP contribution in [0.15, 0.2) is 41.4 Å². The van der Waals surface area contributed by atoms with E-state index < -0.39 is 29.0 Å². The molecule has 2 aromatic rings. The largest absolute Gasteiger partial charge is 0.352 e. The molecule has 1 amide bonds. The summed E-state index contributed by atoms with van der Waals surface area (Å²) >= 11 is 5.81. The van der Waals surface area contributed by atoms with Gasteiger partial charge in [-0.15, -0.1) is 24.0 Å². The smallest absolute Gasteiger partial charge is 0.243 e. The second-order valence-corrected chi connectivity index (χ2v) is 5.61. The van der Waals surface area contributed by atoms with Crippen LogP contribution >= 0.6 is 35.6 Å². The van der Waals surface area contributed by atoms with Crippen molar-refractivity contribution >= 4 is 53.1 Å². The van der Waals surface area contributed by atoms with Crippen molar-refractivity contribution in [1.29, 1.82) is 0 Å². The lowest BCUT2D eigenvalue weighted by atomic mass is 10.2. The van der Waals surface area contributed by atoms with Crippen LogP contribution in [0.2, 0.25) is 5.02 Å². The molecule has 0 spiro atoms. The number of carbonyl (C=O) groups excluding carboxylic acids is 1. The highest BCUT2D eigenvalue weighted by Gasteiger charge is 2.15. The van der Waals surface area contributed by atoms with Gasteiger partial charge in [0.05, 0.1) is 12.2 Å². The van der Waals surface area contributed by atoms with Gasteiger partial charge in [-0.1, -0.05) is 23.7 Å². The molecule has 0 saturated heterocycles. The summed E-state index contributed by atoms with van der Waals surface area (Å²) in [7, 11) is 1.52. The molecule has 0 aliphatic rings. The van der Waals surface area contributed by atoms with Gasteiger partial charge in [0.25, 0.3) is 0 Å². The summed E-state index contributed by atoms with van der Waals surface area (Å²) < 4.78 is 39.5. The van der Waals surface area contributed by atoms with E-state index in [1.54, 1.807) is 12.1 Å². The molecule has 0 unspecified atom stereocenters. The number of anilines is 1. The maximum atomic E-state index is 13.5. The SMILES string of the molecule is CN=C(NCC(=O)Nc1ccc(F)c(F)c1F)NCc1ccc(Cl)cc1.I. The summed E-state index contributed by atoms with van der Waals surface area (Å²) in [5.41, 5.74) is 0.505. The van der Waals surface area contributed by atoms with Crippen LogP contribution in [0.4, 0.5) is 18.9 Å². The molecule has 2 rings (SSSR count).